The van der Waals surface area contributed by atoms with E-state index in [1.165, 1.54) is 23.9 Å². The van der Waals surface area contributed by atoms with Crippen molar-refractivity contribution in [2.45, 2.75) is 61.7 Å². The van der Waals surface area contributed by atoms with Crippen LogP contribution in [0.5, 0.6) is 0 Å². The maximum absolute atomic E-state index is 15.7. The Morgan fingerprint density at radius 3 is 2.14 bits per heavy atom. The molecule has 1 unspecified atom stereocenters. The highest BCUT2D eigenvalue weighted by atomic mass is 32.2. The summed E-state index contributed by atoms with van der Waals surface area (Å²) in [6, 6.07) is 17.2. The van der Waals surface area contributed by atoms with Crippen LogP contribution in [0.1, 0.15) is 37.6 Å². The Bertz CT molecular complexity index is 1030. The number of hydrogen-bond acceptors (Lipinski definition) is 9. The predicted octanol–water partition coefficient (Wildman–Crippen LogP) is 5.61. The first-order chi connectivity index (χ1) is 17.3. The topological polar surface area (TPSA) is 97.4 Å². The van der Waals surface area contributed by atoms with Gasteiger partial charge < -0.3 is 23.3 Å². The molecule has 1 aliphatic heterocycles. The van der Waals surface area contributed by atoms with Crippen molar-refractivity contribution in [2.75, 3.05) is 13.2 Å². The Balaban J connectivity index is 1.85. The summed E-state index contributed by atoms with van der Waals surface area (Å²) in [5, 5.41) is 0. The van der Waals surface area contributed by atoms with Gasteiger partial charge in [0.25, 0.3) is 0 Å². The maximum atomic E-state index is 15.7. The minimum atomic E-state index is -3.72. The molecule has 2 aromatic carbocycles. The van der Waals surface area contributed by atoms with E-state index in [0.29, 0.717) is 0 Å². The molecular formula is C25H30FO8PS. The highest BCUT2D eigenvalue weighted by Gasteiger charge is 2.52. The average Bonchev–Trinajstić information content (AvgIpc) is 3.13. The molecule has 3 rings (SSSR count). The van der Waals surface area contributed by atoms with Gasteiger partial charge in [0.15, 0.2) is 12.3 Å². The average molecular weight is 541 g/mol. The molecule has 0 N–H and O–H groups in total. The van der Waals surface area contributed by atoms with Crippen molar-refractivity contribution in [3.8, 4) is 0 Å². The fraction of sp³-hybridized carbons (Fsp3) is 0.440. The molecule has 0 amide bonds. The lowest BCUT2D eigenvalue weighted by Crippen LogP contribution is -2.37. The molecular weight excluding hydrogens is 510 g/mol. The van der Waals surface area contributed by atoms with E-state index >= 15 is 4.39 Å². The van der Waals surface area contributed by atoms with E-state index in [2.05, 4.69) is 0 Å². The van der Waals surface area contributed by atoms with Crippen molar-refractivity contribution < 1.29 is 41.8 Å². The van der Waals surface area contributed by atoms with Crippen molar-refractivity contribution in [2.24, 2.45) is 0 Å². The Kier molecular flexibility index (Phi) is 10.5. The van der Waals surface area contributed by atoms with Crippen LogP contribution in [0.2, 0.25) is 0 Å². The van der Waals surface area contributed by atoms with Crippen LogP contribution in [0.15, 0.2) is 65.6 Å². The van der Waals surface area contributed by atoms with E-state index in [1.54, 1.807) is 32.0 Å². The lowest BCUT2D eigenvalue weighted by molar-refractivity contribution is -0.186. The van der Waals surface area contributed by atoms with Crippen molar-refractivity contribution in [3.05, 3.63) is 66.2 Å². The van der Waals surface area contributed by atoms with Crippen LogP contribution in [0, 0.1) is 0 Å². The van der Waals surface area contributed by atoms with E-state index in [0.717, 1.165) is 11.8 Å². The van der Waals surface area contributed by atoms with Gasteiger partial charge >= 0.3 is 19.5 Å². The van der Waals surface area contributed by atoms with E-state index < -0.39 is 49.2 Å². The summed E-state index contributed by atoms with van der Waals surface area (Å²) in [5.74, 6) is -1.51. The standard InChI is InChI=1S/C25H30FO8PS/c1-4-30-35(29,31-5-2)21(36-19-14-10-7-11-15-19)16-20-22(26)23(25(33-20)32-17(3)27)34-24(28)18-12-8-6-9-13-18/h6-15,20-23,25H,4-5,16H2,1-3H3/t20-,21?,22-,23-,25-/m1/s1. The van der Waals surface area contributed by atoms with E-state index in [-0.39, 0.29) is 25.2 Å². The number of rotatable bonds is 12. The molecule has 0 spiro atoms. The van der Waals surface area contributed by atoms with Crippen LogP contribution in [-0.4, -0.2) is 54.8 Å². The number of ether oxygens (including phenoxy) is 3. The fourth-order valence-electron chi connectivity index (χ4n) is 3.68. The molecule has 0 bridgehead atoms. The van der Waals surface area contributed by atoms with Crippen molar-refractivity contribution in [1.29, 1.82) is 0 Å². The minimum Gasteiger partial charge on any atom is -0.449 e. The van der Waals surface area contributed by atoms with E-state index in [4.69, 9.17) is 23.3 Å². The zero-order chi connectivity index (χ0) is 26.1. The lowest BCUT2D eigenvalue weighted by atomic mass is 10.1. The summed E-state index contributed by atoms with van der Waals surface area (Å²) in [6.07, 6.45) is -6.16. The Hall–Kier alpha value is -2.23. The van der Waals surface area contributed by atoms with Gasteiger partial charge in [0.1, 0.15) is 4.99 Å². The van der Waals surface area contributed by atoms with Gasteiger partial charge in [-0.3, -0.25) is 9.36 Å². The second-order valence-corrected chi connectivity index (χ2v) is 11.7. The Morgan fingerprint density at radius 1 is 1.00 bits per heavy atom. The van der Waals surface area contributed by atoms with Crippen LogP contribution < -0.4 is 0 Å². The third-order valence-corrected chi connectivity index (χ3v) is 9.45. The molecule has 0 aromatic heterocycles. The molecule has 11 heteroatoms. The van der Waals surface area contributed by atoms with Gasteiger partial charge in [-0.2, -0.15) is 0 Å². The predicted molar refractivity (Wildman–Crippen MR) is 133 cm³/mol. The second kappa shape index (κ2) is 13.4. The maximum Gasteiger partial charge on any atom is 0.343 e. The first-order valence-electron chi connectivity index (χ1n) is 11.6. The second-order valence-electron chi connectivity index (χ2n) is 7.83. The number of thioether (sulfide) groups is 1. The third-order valence-electron chi connectivity index (χ3n) is 5.20. The van der Waals surface area contributed by atoms with Crippen molar-refractivity contribution in [1.82, 2.24) is 0 Å². The monoisotopic (exact) mass is 540 g/mol. The number of alkyl halides is 1. The third kappa shape index (κ3) is 7.40. The van der Waals surface area contributed by atoms with Crippen LogP contribution in [0.4, 0.5) is 4.39 Å². The summed E-state index contributed by atoms with van der Waals surface area (Å²) in [7, 11) is -3.72. The summed E-state index contributed by atoms with van der Waals surface area (Å²) in [6.45, 7) is 4.78. The van der Waals surface area contributed by atoms with Gasteiger partial charge in [-0.25, -0.2) is 9.18 Å². The smallest absolute Gasteiger partial charge is 0.343 e. The van der Waals surface area contributed by atoms with E-state index in [9.17, 15) is 14.2 Å². The first-order valence-corrected chi connectivity index (χ1v) is 14.1. The molecule has 1 aliphatic rings. The van der Waals surface area contributed by atoms with Crippen LogP contribution in [0.25, 0.3) is 0 Å². The highest BCUT2D eigenvalue weighted by Crippen LogP contribution is 2.60. The number of carbonyl (C=O) groups excluding carboxylic acids is 2. The SMILES string of the molecule is CCOP(=O)(OCC)C(C[C@H]1O[C@@H](OC(C)=O)[C@H](OC(=O)c2ccccc2)[C@@H]1F)Sc1ccccc1. The lowest BCUT2D eigenvalue weighted by Gasteiger charge is -2.28. The molecule has 0 aliphatic carbocycles. The van der Waals surface area contributed by atoms with Gasteiger partial charge in [0, 0.05) is 18.2 Å². The summed E-state index contributed by atoms with van der Waals surface area (Å²) in [4.78, 5) is 24.2. The van der Waals surface area contributed by atoms with Gasteiger partial charge in [-0.05, 0) is 38.1 Å². The molecule has 1 saturated heterocycles. The van der Waals surface area contributed by atoms with Gasteiger partial charge in [0.05, 0.1) is 24.9 Å². The Morgan fingerprint density at radius 2 is 1.58 bits per heavy atom. The molecule has 5 atom stereocenters. The van der Waals surface area contributed by atoms with Crippen molar-refractivity contribution in [3.63, 3.8) is 0 Å². The molecule has 0 saturated carbocycles. The van der Waals surface area contributed by atoms with E-state index in [1.807, 2.05) is 30.3 Å². The van der Waals surface area contributed by atoms with Gasteiger partial charge in [-0.1, -0.05) is 36.4 Å². The van der Waals surface area contributed by atoms with Gasteiger partial charge in [0.2, 0.25) is 6.29 Å². The normalized spacial score (nSPS) is 22.7. The molecule has 0 radical (unpaired) electrons. The molecule has 8 nitrogen and oxygen atoms in total. The van der Waals surface area contributed by atoms with Crippen LogP contribution >= 0.6 is 19.4 Å². The number of hydrogen-bond donors (Lipinski definition) is 0. The molecule has 196 valence electrons. The number of esters is 2. The Labute approximate surface area is 214 Å². The fourth-order valence-corrected chi connectivity index (χ4v) is 7.43. The minimum absolute atomic E-state index is 0.116. The zero-order valence-electron chi connectivity index (χ0n) is 20.3. The molecule has 1 heterocycles. The quantitative estimate of drug-likeness (QED) is 0.193. The van der Waals surface area contributed by atoms with Crippen molar-refractivity contribution >= 4 is 31.3 Å². The van der Waals surface area contributed by atoms with Crippen LogP contribution in [0.3, 0.4) is 0 Å². The number of halogens is 1. The molecule has 2 aromatic rings. The number of carbonyl (C=O) groups is 2. The summed E-state index contributed by atoms with van der Waals surface area (Å²) in [5.41, 5.74) is 0.212. The zero-order valence-corrected chi connectivity index (χ0v) is 22.0. The van der Waals surface area contributed by atoms with Crippen LogP contribution in [-0.2, 0) is 32.6 Å². The first kappa shape index (κ1) is 28.3. The summed E-state index contributed by atoms with van der Waals surface area (Å²) >= 11 is 1.22. The largest absolute Gasteiger partial charge is 0.449 e. The summed E-state index contributed by atoms with van der Waals surface area (Å²) < 4.78 is 56.7. The molecule has 36 heavy (non-hydrogen) atoms. The molecule has 1 fully saturated rings. The van der Waals surface area contributed by atoms with Gasteiger partial charge in [-0.15, -0.1) is 11.8 Å². The highest BCUT2D eigenvalue weighted by molar-refractivity contribution is 8.05. The number of benzene rings is 2.